The number of halogens is 3. The molecule has 0 aromatic heterocycles. The van der Waals surface area contributed by atoms with Crippen LogP contribution in [-0.2, 0) is 4.79 Å². The third kappa shape index (κ3) is 2.98. The van der Waals surface area contributed by atoms with Gasteiger partial charge in [0, 0.05) is 37.6 Å². The summed E-state index contributed by atoms with van der Waals surface area (Å²) in [7, 11) is 0. The molecule has 22 heavy (non-hydrogen) atoms. The standard InChI is InChI=1S/C15H18F3N3O/c16-15(17,18)14(22)21-7-5-20(6-8-21)11-3-4-13(19)12(9-11)10-1-2-10/h3-4,9-10H,1-2,5-8,19H2. The topological polar surface area (TPSA) is 49.6 Å². The Bertz CT molecular complexity index is 576. The minimum absolute atomic E-state index is 0.0848. The van der Waals surface area contributed by atoms with Crippen molar-refractivity contribution < 1.29 is 18.0 Å². The van der Waals surface area contributed by atoms with Gasteiger partial charge in [-0.15, -0.1) is 0 Å². The number of nitrogens with zero attached hydrogens (tertiary/aromatic N) is 2. The van der Waals surface area contributed by atoms with Crippen LogP contribution in [0.15, 0.2) is 18.2 Å². The molecule has 120 valence electrons. The van der Waals surface area contributed by atoms with Crippen LogP contribution >= 0.6 is 0 Å². The lowest BCUT2D eigenvalue weighted by Crippen LogP contribution is -2.52. The summed E-state index contributed by atoms with van der Waals surface area (Å²) in [4.78, 5) is 14.1. The van der Waals surface area contributed by atoms with Crippen LogP contribution in [0.1, 0.15) is 24.3 Å². The van der Waals surface area contributed by atoms with Crippen LogP contribution in [0.25, 0.3) is 0 Å². The minimum Gasteiger partial charge on any atom is -0.398 e. The summed E-state index contributed by atoms with van der Waals surface area (Å²) in [6.45, 7) is 0.967. The Hall–Kier alpha value is -1.92. The zero-order valence-electron chi connectivity index (χ0n) is 12.1. The number of hydrogen-bond donors (Lipinski definition) is 1. The van der Waals surface area contributed by atoms with Gasteiger partial charge in [-0.2, -0.15) is 13.2 Å². The molecule has 1 saturated heterocycles. The fourth-order valence-corrected chi connectivity index (χ4v) is 2.85. The maximum Gasteiger partial charge on any atom is 0.471 e. The number of benzene rings is 1. The molecule has 1 amide bonds. The summed E-state index contributed by atoms with van der Waals surface area (Å²) in [5, 5.41) is 0. The summed E-state index contributed by atoms with van der Waals surface area (Å²) in [6, 6.07) is 5.78. The smallest absolute Gasteiger partial charge is 0.398 e. The van der Waals surface area contributed by atoms with Crippen LogP contribution in [0, 0.1) is 0 Å². The fourth-order valence-electron chi connectivity index (χ4n) is 2.85. The Morgan fingerprint density at radius 1 is 1.14 bits per heavy atom. The number of alkyl halides is 3. The van der Waals surface area contributed by atoms with Gasteiger partial charge >= 0.3 is 12.1 Å². The first-order valence-corrected chi connectivity index (χ1v) is 7.37. The van der Waals surface area contributed by atoms with E-state index in [4.69, 9.17) is 5.73 Å². The van der Waals surface area contributed by atoms with Crippen molar-refractivity contribution in [2.24, 2.45) is 0 Å². The zero-order chi connectivity index (χ0) is 15.9. The van der Waals surface area contributed by atoms with Crippen molar-refractivity contribution >= 4 is 17.3 Å². The Morgan fingerprint density at radius 3 is 2.32 bits per heavy atom. The molecule has 1 aromatic rings. The minimum atomic E-state index is -4.79. The molecule has 0 unspecified atom stereocenters. The molecular formula is C15H18F3N3O. The fraction of sp³-hybridized carbons (Fsp3) is 0.533. The molecule has 0 radical (unpaired) electrons. The van der Waals surface area contributed by atoms with Crippen molar-refractivity contribution in [2.75, 3.05) is 36.8 Å². The second-order valence-electron chi connectivity index (χ2n) is 5.86. The molecule has 1 saturated carbocycles. The average molecular weight is 313 g/mol. The third-order valence-corrected chi connectivity index (χ3v) is 4.26. The van der Waals surface area contributed by atoms with E-state index in [1.54, 1.807) is 0 Å². The Morgan fingerprint density at radius 2 is 1.77 bits per heavy atom. The van der Waals surface area contributed by atoms with Gasteiger partial charge < -0.3 is 15.5 Å². The summed E-state index contributed by atoms with van der Waals surface area (Å²) in [6.07, 6.45) is -2.51. The number of anilines is 2. The lowest BCUT2D eigenvalue weighted by molar-refractivity contribution is -0.185. The van der Waals surface area contributed by atoms with E-state index in [0.29, 0.717) is 19.0 Å². The highest BCUT2D eigenvalue weighted by molar-refractivity contribution is 5.82. The number of hydrogen-bond acceptors (Lipinski definition) is 3. The molecule has 1 heterocycles. The summed E-state index contributed by atoms with van der Waals surface area (Å²) >= 11 is 0. The van der Waals surface area contributed by atoms with Crippen LogP contribution in [0.3, 0.4) is 0 Å². The van der Waals surface area contributed by atoms with E-state index in [9.17, 15) is 18.0 Å². The Balaban J connectivity index is 1.67. The Labute approximate surface area is 126 Å². The molecule has 2 fully saturated rings. The zero-order valence-corrected chi connectivity index (χ0v) is 12.1. The highest BCUT2D eigenvalue weighted by atomic mass is 19.4. The molecule has 2 N–H and O–H groups in total. The molecule has 0 spiro atoms. The predicted octanol–water partition coefficient (Wildman–Crippen LogP) is 2.36. The molecule has 4 nitrogen and oxygen atoms in total. The first kappa shape index (κ1) is 15.0. The largest absolute Gasteiger partial charge is 0.471 e. The van der Waals surface area contributed by atoms with E-state index < -0.39 is 12.1 Å². The van der Waals surface area contributed by atoms with Gasteiger partial charge in [-0.25, -0.2) is 0 Å². The van der Waals surface area contributed by atoms with Gasteiger partial charge in [0.2, 0.25) is 0 Å². The molecule has 7 heteroatoms. The highest BCUT2D eigenvalue weighted by Crippen LogP contribution is 2.43. The number of nitrogen functional groups attached to an aromatic ring is 1. The number of rotatable bonds is 2. The van der Waals surface area contributed by atoms with E-state index in [2.05, 4.69) is 0 Å². The van der Waals surface area contributed by atoms with Crippen LogP contribution in [-0.4, -0.2) is 43.2 Å². The summed E-state index contributed by atoms with van der Waals surface area (Å²) in [5.74, 6) is -1.23. The normalized spacial score (nSPS) is 19.4. The quantitative estimate of drug-likeness (QED) is 0.853. The van der Waals surface area contributed by atoms with E-state index in [1.807, 2.05) is 23.1 Å². The van der Waals surface area contributed by atoms with Gasteiger partial charge in [0.1, 0.15) is 0 Å². The van der Waals surface area contributed by atoms with E-state index >= 15 is 0 Å². The number of piperazine rings is 1. The lowest BCUT2D eigenvalue weighted by Gasteiger charge is -2.36. The lowest BCUT2D eigenvalue weighted by atomic mass is 10.1. The SMILES string of the molecule is Nc1ccc(N2CCN(C(=O)C(F)(F)F)CC2)cc1C1CC1. The molecule has 0 bridgehead atoms. The van der Waals surface area contributed by atoms with Crippen LogP contribution in [0.4, 0.5) is 24.5 Å². The second-order valence-corrected chi connectivity index (χ2v) is 5.86. The van der Waals surface area contributed by atoms with Gasteiger partial charge in [-0.3, -0.25) is 4.79 Å². The van der Waals surface area contributed by atoms with Crippen LogP contribution in [0.5, 0.6) is 0 Å². The second kappa shape index (κ2) is 5.37. The molecule has 1 aliphatic carbocycles. The number of carbonyl (C=O) groups excluding carboxylic acids is 1. The van der Waals surface area contributed by atoms with Crippen molar-refractivity contribution in [1.29, 1.82) is 0 Å². The van der Waals surface area contributed by atoms with E-state index in [-0.39, 0.29) is 13.1 Å². The molecule has 1 aromatic carbocycles. The van der Waals surface area contributed by atoms with Crippen LogP contribution in [0.2, 0.25) is 0 Å². The Kier molecular flexibility index (Phi) is 3.66. The van der Waals surface area contributed by atoms with Crippen molar-refractivity contribution in [3.63, 3.8) is 0 Å². The number of carbonyl (C=O) groups is 1. The maximum atomic E-state index is 12.4. The molecule has 0 atom stereocenters. The first-order chi connectivity index (χ1) is 10.4. The van der Waals surface area contributed by atoms with Crippen molar-refractivity contribution in [3.05, 3.63) is 23.8 Å². The maximum absolute atomic E-state index is 12.4. The first-order valence-electron chi connectivity index (χ1n) is 7.37. The number of amides is 1. The molecular weight excluding hydrogens is 295 g/mol. The highest BCUT2D eigenvalue weighted by Gasteiger charge is 2.43. The van der Waals surface area contributed by atoms with Crippen molar-refractivity contribution in [2.45, 2.75) is 24.9 Å². The van der Waals surface area contributed by atoms with Gasteiger partial charge in [0.15, 0.2) is 0 Å². The predicted molar refractivity (Wildman–Crippen MR) is 77.7 cm³/mol. The molecule has 1 aliphatic heterocycles. The molecule has 3 rings (SSSR count). The molecule has 2 aliphatic rings. The van der Waals surface area contributed by atoms with Gasteiger partial charge in [0.05, 0.1) is 0 Å². The summed E-state index contributed by atoms with van der Waals surface area (Å²) in [5.41, 5.74) is 8.85. The summed E-state index contributed by atoms with van der Waals surface area (Å²) < 4.78 is 37.3. The number of nitrogens with two attached hydrogens (primary N) is 1. The van der Waals surface area contributed by atoms with Crippen molar-refractivity contribution in [1.82, 2.24) is 4.90 Å². The van der Waals surface area contributed by atoms with Gasteiger partial charge in [-0.05, 0) is 42.5 Å². The monoisotopic (exact) mass is 313 g/mol. The van der Waals surface area contributed by atoms with Crippen molar-refractivity contribution in [3.8, 4) is 0 Å². The van der Waals surface area contributed by atoms with Gasteiger partial charge in [0.25, 0.3) is 0 Å². The van der Waals surface area contributed by atoms with Gasteiger partial charge in [-0.1, -0.05) is 0 Å². The van der Waals surface area contributed by atoms with Crippen LogP contribution < -0.4 is 10.6 Å². The van der Waals surface area contributed by atoms with E-state index in [0.717, 1.165) is 34.7 Å². The third-order valence-electron chi connectivity index (χ3n) is 4.26. The average Bonchev–Trinajstić information content (AvgIpc) is 3.31. The van der Waals surface area contributed by atoms with E-state index in [1.165, 1.54) is 0 Å².